The van der Waals surface area contributed by atoms with Gasteiger partial charge in [0.1, 0.15) is 5.60 Å². The monoisotopic (exact) mass is 374 g/mol. The van der Waals surface area contributed by atoms with Crippen molar-refractivity contribution in [2.75, 3.05) is 26.7 Å². The molecule has 9 heteroatoms. The van der Waals surface area contributed by atoms with Crippen molar-refractivity contribution in [1.29, 1.82) is 0 Å². The minimum absolute atomic E-state index is 0.0251. The van der Waals surface area contributed by atoms with E-state index >= 15 is 0 Å². The molecule has 2 amide bonds. The summed E-state index contributed by atoms with van der Waals surface area (Å²) in [6, 6.07) is 8.31. The maximum Gasteiger partial charge on any atom is 0.394 e. The van der Waals surface area contributed by atoms with Gasteiger partial charge in [0, 0.05) is 20.2 Å². The normalized spacial score (nSPS) is 22.7. The van der Waals surface area contributed by atoms with Gasteiger partial charge in [-0.3, -0.25) is 4.79 Å². The van der Waals surface area contributed by atoms with Crippen LogP contribution in [0.25, 0.3) is 0 Å². The largest absolute Gasteiger partial charge is 0.481 e. The Morgan fingerprint density at radius 3 is 2.35 bits per heavy atom. The number of hydrogen-bond donors (Lipinski definition) is 2. The van der Waals surface area contributed by atoms with Crippen molar-refractivity contribution < 1.29 is 32.6 Å². The smallest absolute Gasteiger partial charge is 0.394 e. The molecule has 1 unspecified atom stereocenters. The fourth-order valence-electron chi connectivity index (χ4n) is 2.99. The van der Waals surface area contributed by atoms with Gasteiger partial charge >= 0.3 is 18.2 Å². The van der Waals surface area contributed by atoms with Crippen LogP contribution in [0.5, 0.6) is 0 Å². The standard InChI is InChI=1S/C17H21F3N2O4/c1-16(26-2,11-6-4-3-5-7-11)10-21-15(25)22-8-12(14(23)24)13(9-22)17(18,19)20/h3-7,12-13H,8-10H2,1-2H3,(H,21,25)(H,23,24)/t12-,13-,16?/m1/s1. The van der Waals surface area contributed by atoms with Crippen LogP contribution < -0.4 is 5.32 Å². The Morgan fingerprint density at radius 1 is 1.27 bits per heavy atom. The average Bonchev–Trinajstić information content (AvgIpc) is 3.06. The van der Waals surface area contributed by atoms with Gasteiger partial charge in [0.2, 0.25) is 0 Å². The molecule has 0 radical (unpaired) electrons. The van der Waals surface area contributed by atoms with Crippen molar-refractivity contribution in [2.45, 2.75) is 18.7 Å². The number of alkyl halides is 3. The maximum atomic E-state index is 13.0. The molecular formula is C17H21F3N2O4. The second kappa shape index (κ2) is 7.53. The van der Waals surface area contributed by atoms with Gasteiger partial charge in [-0.25, -0.2) is 4.79 Å². The number of likely N-dealkylation sites (tertiary alicyclic amines) is 1. The van der Waals surface area contributed by atoms with Crippen LogP contribution in [0.3, 0.4) is 0 Å². The summed E-state index contributed by atoms with van der Waals surface area (Å²) in [7, 11) is 1.47. The van der Waals surface area contributed by atoms with E-state index in [2.05, 4.69) is 5.32 Å². The Labute approximate surface area is 148 Å². The summed E-state index contributed by atoms with van der Waals surface area (Å²) in [5, 5.41) is 11.6. The third-order valence-corrected chi connectivity index (χ3v) is 4.76. The van der Waals surface area contributed by atoms with E-state index < -0.39 is 48.7 Å². The van der Waals surface area contributed by atoms with Crippen LogP contribution in [0.2, 0.25) is 0 Å². The number of hydrogen-bond acceptors (Lipinski definition) is 3. The molecular weight excluding hydrogens is 353 g/mol. The molecule has 1 aliphatic heterocycles. The zero-order chi connectivity index (χ0) is 19.5. The highest BCUT2D eigenvalue weighted by molar-refractivity contribution is 5.77. The number of urea groups is 1. The minimum Gasteiger partial charge on any atom is -0.481 e. The van der Waals surface area contributed by atoms with E-state index in [4.69, 9.17) is 9.84 Å². The number of methoxy groups -OCH3 is 1. The molecule has 6 nitrogen and oxygen atoms in total. The Balaban J connectivity index is 2.05. The first-order valence-corrected chi connectivity index (χ1v) is 8.01. The van der Waals surface area contributed by atoms with Gasteiger partial charge in [0.15, 0.2) is 0 Å². The van der Waals surface area contributed by atoms with E-state index in [1.54, 1.807) is 19.1 Å². The molecule has 144 valence electrons. The Morgan fingerprint density at radius 2 is 1.88 bits per heavy atom. The number of ether oxygens (including phenoxy) is 1. The molecule has 1 aromatic rings. The summed E-state index contributed by atoms with van der Waals surface area (Å²) in [6.45, 7) is 0.601. The lowest BCUT2D eigenvalue weighted by molar-refractivity contribution is -0.187. The zero-order valence-corrected chi connectivity index (χ0v) is 14.4. The summed E-state index contributed by atoms with van der Waals surface area (Å²) in [4.78, 5) is 24.3. The highest BCUT2D eigenvalue weighted by Gasteiger charge is 2.53. The minimum atomic E-state index is -4.68. The van der Waals surface area contributed by atoms with E-state index in [1.165, 1.54) is 7.11 Å². The number of rotatable bonds is 5. The first-order chi connectivity index (χ1) is 12.1. The average molecular weight is 374 g/mol. The quantitative estimate of drug-likeness (QED) is 0.830. The van der Waals surface area contributed by atoms with E-state index in [9.17, 15) is 22.8 Å². The van der Waals surface area contributed by atoms with Gasteiger partial charge in [-0.05, 0) is 12.5 Å². The van der Waals surface area contributed by atoms with Crippen LogP contribution >= 0.6 is 0 Å². The third-order valence-electron chi connectivity index (χ3n) is 4.76. The highest BCUT2D eigenvalue weighted by atomic mass is 19.4. The van der Waals surface area contributed by atoms with Crippen LogP contribution in [0.4, 0.5) is 18.0 Å². The third kappa shape index (κ3) is 4.27. The van der Waals surface area contributed by atoms with E-state index in [-0.39, 0.29) is 6.54 Å². The van der Waals surface area contributed by atoms with E-state index in [0.29, 0.717) is 0 Å². The lowest BCUT2D eigenvalue weighted by atomic mass is 9.96. The van der Waals surface area contributed by atoms with Crippen LogP contribution in [-0.2, 0) is 15.1 Å². The number of carbonyl (C=O) groups is 2. The van der Waals surface area contributed by atoms with Gasteiger partial charge in [-0.2, -0.15) is 13.2 Å². The summed E-state index contributed by atoms with van der Waals surface area (Å²) >= 11 is 0. The van der Waals surface area contributed by atoms with Gasteiger partial charge in [-0.15, -0.1) is 0 Å². The van der Waals surface area contributed by atoms with E-state index in [0.717, 1.165) is 10.5 Å². The second-order valence-corrected chi connectivity index (χ2v) is 6.46. The molecule has 0 saturated carbocycles. The van der Waals surface area contributed by atoms with Crippen LogP contribution in [0.1, 0.15) is 12.5 Å². The summed E-state index contributed by atoms with van der Waals surface area (Å²) < 4.78 is 44.5. The fourth-order valence-corrected chi connectivity index (χ4v) is 2.99. The Hall–Kier alpha value is -2.29. The molecule has 1 heterocycles. The van der Waals surface area contributed by atoms with E-state index in [1.807, 2.05) is 18.2 Å². The van der Waals surface area contributed by atoms with Gasteiger partial charge in [-0.1, -0.05) is 30.3 Å². The van der Waals surface area contributed by atoms with Crippen molar-refractivity contribution in [2.24, 2.45) is 11.8 Å². The zero-order valence-electron chi connectivity index (χ0n) is 14.4. The Kier molecular flexibility index (Phi) is 5.80. The molecule has 3 atom stereocenters. The van der Waals surface area contributed by atoms with Gasteiger partial charge in [0.05, 0.1) is 18.4 Å². The van der Waals surface area contributed by atoms with Crippen molar-refractivity contribution in [1.82, 2.24) is 10.2 Å². The van der Waals surface area contributed by atoms with Crippen molar-refractivity contribution in [3.8, 4) is 0 Å². The van der Waals surface area contributed by atoms with Crippen molar-refractivity contribution >= 4 is 12.0 Å². The number of benzene rings is 1. The summed E-state index contributed by atoms with van der Waals surface area (Å²) in [6.07, 6.45) is -4.68. The number of carboxylic acid groups (broad SMARTS) is 1. The fraction of sp³-hybridized carbons (Fsp3) is 0.529. The number of aliphatic carboxylic acids is 1. The number of carboxylic acids is 1. The number of nitrogens with zero attached hydrogens (tertiary/aromatic N) is 1. The first-order valence-electron chi connectivity index (χ1n) is 8.01. The van der Waals surface area contributed by atoms with Crippen LogP contribution in [0, 0.1) is 11.8 Å². The number of halogens is 3. The number of nitrogens with one attached hydrogen (secondary N) is 1. The lowest BCUT2D eigenvalue weighted by Gasteiger charge is -2.30. The maximum absolute atomic E-state index is 13.0. The topological polar surface area (TPSA) is 78.9 Å². The SMILES string of the molecule is COC(C)(CNC(=O)N1C[C@@H](C(F)(F)F)[C@H](C(=O)O)C1)c1ccccc1. The van der Waals surface area contributed by atoms with Gasteiger partial charge in [0.25, 0.3) is 0 Å². The predicted molar refractivity (Wildman–Crippen MR) is 86.4 cm³/mol. The molecule has 0 bridgehead atoms. The molecule has 1 aliphatic rings. The molecule has 1 fully saturated rings. The molecule has 1 aromatic carbocycles. The second-order valence-electron chi connectivity index (χ2n) is 6.46. The van der Waals surface area contributed by atoms with Crippen molar-refractivity contribution in [3.63, 3.8) is 0 Å². The van der Waals surface area contributed by atoms with Gasteiger partial charge < -0.3 is 20.1 Å². The summed E-state index contributed by atoms with van der Waals surface area (Å²) in [5.74, 6) is -5.30. The molecule has 0 aliphatic carbocycles. The molecule has 0 aromatic heterocycles. The molecule has 26 heavy (non-hydrogen) atoms. The first kappa shape index (κ1) is 20.0. The predicted octanol–water partition coefficient (Wildman–Crippen LogP) is 2.45. The molecule has 0 spiro atoms. The molecule has 2 N–H and O–H groups in total. The number of amides is 2. The summed E-state index contributed by atoms with van der Waals surface area (Å²) in [5.41, 5.74) is -0.0764. The highest BCUT2D eigenvalue weighted by Crippen LogP contribution is 2.37. The lowest BCUT2D eigenvalue weighted by Crippen LogP contribution is -2.46. The van der Waals surface area contributed by atoms with Crippen LogP contribution in [-0.4, -0.2) is 54.9 Å². The van der Waals surface area contributed by atoms with Crippen molar-refractivity contribution in [3.05, 3.63) is 35.9 Å². The number of carbonyl (C=O) groups excluding carboxylic acids is 1. The molecule has 2 rings (SSSR count). The molecule has 1 saturated heterocycles. The Bertz CT molecular complexity index is 653. The van der Waals surface area contributed by atoms with Crippen LogP contribution in [0.15, 0.2) is 30.3 Å².